The number of carbonyl (C=O) groups is 2. The molecule has 5 nitrogen and oxygen atoms in total. The van der Waals surface area contributed by atoms with E-state index in [1.807, 2.05) is 42.2 Å². The Bertz CT molecular complexity index is 744. The van der Waals surface area contributed by atoms with Crippen LogP contribution in [0.5, 0.6) is 5.75 Å². The third-order valence-electron chi connectivity index (χ3n) is 3.86. The lowest BCUT2D eigenvalue weighted by atomic mass is 10.1. The fraction of sp³-hybridized carbons (Fsp3) is 0.263. The summed E-state index contributed by atoms with van der Waals surface area (Å²) < 4.78 is 5.34. The van der Waals surface area contributed by atoms with Gasteiger partial charge in [-0.15, -0.1) is 0 Å². The Morgan fingerprint density at radius 1 is 1.21 bits per heavy atom. The van der Waals surface area contributed by atoms with Crippen molar-refractivity contribution in [2.24, 2.45) is 0 Å². The first kappa shape index (κ1) is 16.1. The van der Waals surface area contributed by atoms with Gasteiger partial charge in [-0.2, -0.15) is 0 Å². The molecule has 0 unspecified atom stereocenters. The van der Waals surface area contributed by atoms with Crippen LogP contribution in [-0.2, 0) is 11.3 Å². The molecule has 24 heavy (non-hydrogen) atoms. The molecule has 0 saturated heterocycles. The first-order valence-corrected chi connectivity index (χ1v) is 8.07. The highest BCUT2D eigenvalue weighted by molar-refractivity contribution is 5.99. The van der Waals surface area contributed by atoms with Crippen LogP contribution >= 0.6 is 0 Å². The van der Waals surface area contributed by atoms with Gasteiger partial charge >= 0.3 is 0 Å². The predicted octanol–water partition coefficient (Wildman–Crippen LogP) is 3.07. The number of anilines is 1. The zero-order valence-electron chi connectivity index (χ0n) is 13.6. The number of nitrogens with zero attached hydrogens (tertiary/aromatic N) is 1. The number of benzene rings is 2. The highest BCUT2D eigenvalue weighted by Gasteiger charge is 2.20. The molecule has 1 aliphatic heterocycles. The van der Waals surface area contributed by atoms with E-state index in [1.165, 1.54) is 0 Å². The molecule has 0 fully saturated rings. The van der Waals surface area contributed by atoms with Gasteiger partial charge in [-0.3, -0.25) is 9.59 Å². The SMILES string of the molecule is CCCN(Cc1ccccc1)C(=O)c1ccc2c(c1)NC(=O)CO2. The summed E-state index contributed by atoms with van der Waals surface area (Å²) >= 11 is 0. The van der Waals surface area contributed by atoms with E-state index >= 15 is 0 Å². The monoisotopic (exact) mass is 324 g/mol. The first-order chi connectivity index (χ1) is 11.7. The largest absolute Gasteiger partial charge is 0.482 e. The molecule has 2 aromatic carbocycles. The minimum absolute atomic E-state index is 0.0102. The van der Waals surface area contributed by atoms with Gasteiger partial charge in [0, 0.05) is 18.7 Å². The maximum atomic E-state index is 12.9. The molecule has 1 aliphatic rings. The van der Waals surface area contributed by atoms with Crippen molar-refractivity contribution in [2.45, 2.75) is 19.9 Å². The summed E-state index contributed by atoms with van der Waals surface area (Å²) in [6.07, 6.45) is 0.878. The van der Waals surface area contributed by atoms with Crippen LogP contribution in [0.3, 0.4) is 0 Å². The summed E-state index contributed by atoms with van der Waals surface area (Å²) in [7, 11) is 0. The van der Waals surface area contributed by atoms with E-state index in [0.29, 0.717) is 30.1 Å². The average molecular weight is 324 g/mol. The number of hydrogen-bond acceptors (Lipinski definition) is 3. The van der Waals surface area contributed by atoms with Crippen molar-refractivity contribution in [1.82, 2.24) is 4.90 Å². The molecule has 0 spiro atoms. The van der Waals surface area contributed by atoms with Gasteiger partial charge in [0.15, 0.2) is 6.61 Å². The standard InChI is InChI=1S/C19H20N2O3/c1-2-10-21(12-14-6-4-3-5-7-14)19(23)15-8-9-17-16(11-15)20-18(22)13-24-17/h3-9,11H,2,10,12-13H2,1H3,(H,20,22). The second kappa shape index (κ2) is 7.17. The van der Waals surface area contributed by atoms with E-state index in [1.54, 1.807) is 18.2 Å². The molecule has 2 aromatic rings. The Morgan fingerprint density at radius 2 is 2.00 bits per heavy atom. The maximum Gasteiger partial charge on any atom is 0.262 e. The predicted molar refractivity (Wildman–Crippen MR) is 92.0 cm³/mol. The second-order valence-electron chi connectivity index (χ2n) is 5.76. The zero-order valence-corrected chi connectivity index (χ0v) is 13.6. The lowest BCUT2D eigenvalue weighted by molar-refractivity contribution is -0.118. The smallest absolute Gasteiger partial charge is 0.262 e. The quantitative estimate of drug-likeness (QED) is 0.919. The molecule has 0 bridgehead atoms. The zero-order chi connectivity index (χ0) is 16.9. The molecule has 0 aromatic heterocycles. The number of carbonyl (C=O) groups excluding carboxylic acids is 2. The van der Waals surface area contributed by atoms with Crippen LogP contribution < -0.4 is 10.1 Å². The summed E-state index contributed by atoms with van der Waals surface area (Å²) in [6, 6.07) is 15.1. The third-order valence-corrected chi connectivity index (χ3v) is 3.86. The minimum Gasteiger partial charge on any atom is -0.482 e. The minimum atomic E-state index is -0.207. The number of nitrogens with one attached hydrogen (secondary N) is 1. The highest BCUT2D eigenvalue weighted by Crippen LogP contribution is 2.29. The summed E-state index contributed by atoms with van der Waals surface area (Å²) in [4.78, 5) is 26.2. The molecular formula is C19H20N2O3. The fourth-order valence-corrected chi connectivity index (χ4v) is 2.72. The number of amides is 2. The Balaban J connectivity index is 1.82. The molecule has 0 radical (unpaired) electrons. The van der Waals surface area contributed by atoms with Gasteiger partial charge in [0.05, 0.1) is 5.69 Å². The normalized spacial score (nSPS) is 12.8. The van der Waals surface area contributed by atoms with Gasteiger partial charge in [-0.25, -0.2) is 0 Å². The molecule has 0 aliphatic carbocycles. The fourth-order valence-electron chi connectivity index (χ4n) is 2.72. The number of ether oxygens (including phenoxy) is 1. The van der Waals surface area contributed by atoms with Crippen molar-refractivity contribution in [3.63, 3.8) is 0 Å². The van der Waals surface area contributed by atoms with E-state index in [2.05, 4.69) is 5.32 Å². The van der Waals surface area contributed by atoms with E-state index in [9.17, 15) is 9.59 Å². The number of hydrogen-bond donors (Lipinski definition) is 1. The summed E-state index contributed by atoms with van der Waals surface area (Å²) in [6.45, 7) is 3.30. The van der Waals surface area contributed by atoms with Gasteiger partial charge in [0.25, 0.3) is 11.8 Å². The summed E-state index contributed by atoms with van der Waals surface area (Å²) in [5, 5.41) is 2.74. The van der Waals surface area contributed by atoms with Crippen LogP contribution in [0.25, 0.3) is 0 Å². The lowest BCUT2D eigenvalue weighted by Gasteiger charge is -2.24. The Labute approximate surface area is 141 Å². The van der Waals surface area contributed by atoms with E-state index in [-0.39, 0.29) is 18.4 Å². The Hall–Kier alpha value is -2.82. The van der Waals surface area contributed by atoms with Crippen LogP contribution in [0.1, 0.15) is 29.3 Å². The summed E-state index contributed by atoms with van der Waals surface area (Å²) in [5.74, 6) is 0.335. The topological polar surface area (TPSA) is 58.6 Å². The van der Waals surface area contributed by atoms with Crippen LogP contribution in [0.4, 0.5) is 5.69 Å². The molecule has 124 valence electrons. The van der Waals surface area contributed by atoms with Crippen LogP contribution in [-0.4, -0.2) is 29.9 Å². The first-order valence-electron chi connectivity index (χ1n) is 8.07. The van der Waals surface area contributed by atoms with Crippen molar-refractivity contribution in [3.8, 4) is 5.75 Å². The van der Waals surface area contributed by atoms with Crippen molar-refractivity contribution in [3.05, 3.63) is 59.7 Å². The third kappa shape index (κ3) is 3.56. The van der Waals surface area contributed by atoms with E-state index < -0.39 is 0 Å². The second-order valence-corrected chi connectivity index (χ2v) is 5.76. The number of rotatable bonds is 5. The van der Waals surface area contributed by atoms with Crippen molar-refractivity contribution >= 4 is 17.5 Å². The summed E-state index contributed by atoms with van der Waals surface area (Å²) in [5.41, 5.74) is 2.19. The van der Waals surface area contributed by atoms with Gasteiger partial charge in [0.2, 0.25) is 0 Å². The Morgan fingerprint density at radius 3 is 2.75 bits per heavy atom. The van der Waals surface area contributed by atoms with Crippen LogP contribution in [0, 0.1) is 0 Å². The van der Waals surface area contributed by atoms with Crippen LogP contribution in [0.2, 0.25) is 0 Å². The van der Waals surface area contributed by atoms with E-state index in [0.717, 1.165) is 12.0 Å². The molecule has 5 heteroatoms. The van der Waals surface area contributed by atoms with Gasteiger partial charge in [0.1, 0.15) is 5.75 Å². The molecule has 3 rings (SSSR count). The molecular weight excluding hydrogens is 304 g/mol. The van der Waals surface area contributed by atoms with Crippen molar-refractivity contribution in [1.29, 1.82) is 0 Å². The van der Waals surface area contributed by atoms with E-state index in [4.69, 9.17) is 4.74 Å². The average Bonchev–Trinajstić information content (AvgIpc) is 2.61. The molecule has 1 heterocycles. The highest BCUT2D eigenvalue weighted by atomic mass is 16.5. The van der Waals surface area contributed by atoms with Crippen molar-refractivity contribution < 1.29 is 14.3 Å². The Kier molecular flexibility index (Phi) is 4.79. The molecule has 2 amide bonds. The van der Waals surface area contributed by atoms with Crippen molar-refractivity contribution in [2.75, 3.05) is 18.5 Å². The van der Waals surface area contributed by atoms with Gasteiger partial charge in [-0.05, 0) is 30.2 Å². The molecule has 0 atom stereocenters. The van der Waals surface area contributed by atoms with Gasteiger partial charge < -0.3 is 15.0 Å². The maximum absolute atomic E-state index is 12.9. The number of fused-ring (bicyclic) bond motifs is 1. The van der Waals surface area contributed by atoms with Crippen LogP contribution in [0.15, 0.2) is 48.5 Å². The van der Waals surface area contributed by atoms with Gasteiger partial charge in [-0.1, -0.05) is 37.3 Å². The molecule has 0 saturated carbocycles. The lowest BCUT2D eigenvalue weighted by Crippen LogP contribution is -2.32. The molecule has 1 N–H and O–H groups in total.